The Morgan fingerprint density at radius 3 is 2.67 bits per heavy atom. The van der Waals surface area contributed by atoms with Crippen LogP contribution in [0, 0.1) is 11.3 Å². The highest BCUT2D eigenvalue weighted by Gasteiger charge is 2.43. The molecule has 0 radical (unpaired) electrons. The lowest BCUT2D eigenvalue weighted by Gasteiger charge is -2.42. The molecule has 1 saturated heterocycles. The number of ether oxygens (including phenoxy) is 1. The molecular weight excluding hydrogens is 254 g/mol. The van der Waals surface area contributed by atoms with E-state index >= 15 is 0 Å². The molecule has 1 rings (SSSR count). The summed E-state index contributed by atoms with van der Waals surface area (Å²) in [5, 5.41) is 8.32. The third-order valence-corrected chi connectivity index (χ3v) is 3.16. The predicted octanol–water partition coefficient (Wildman–Crippen LogP) is -0.310. The molecule has 1 aliphatic rings. The van der Waals surface area contributed by atoms with Crippen LogP contribution in [0.3, 0.4) is 0 Å². The third-order valence-electron chi connectivity index (χ3n) is 2.88. The first-order chi connectivity index (χ1) is 8.29. The Kier molecular flexibility index (Phi) is 4.59. The predicted molar refractivity (Wildman–Crippen MR) is 67.7 cm³/mol. The molecule has 0 aromatic carbocycles. The van der Waals surface area contributed by atoms with E-state index in [-0.39, 0.29) is 12.5 Å². The molecule has 2 atom stereocenters. The van der Waals surface area contributed by atoms with Gasteiger partial charge in [0.05, 0.1) is 6.04 Å². The molecule has 6 nitrogen and oxygen atoms in total. The number of nitriles is 1. The summed E-state index contributed by atoms with van der Waals surface area (Å²) in [6, 6.07) is 0.307. The normalized spacial score (nSPS) is 20.6. The topological polar surface area (TPSA) is 96.4 Å². The van der Waals surface area contributed by atoms with Crippen LogP contribution in [0.2, 0.25) is 0 Å². The Morgan fingerprint density at radius 2 is 2.28 bits per heavy atom. The quantitative estimate of drug-likeness (QED) is 0.540. The molecule has 7 heteroatoms. The van der Waals surface area contributed by atoms with Crippen LogP contribution in [-0.4, -0.2) is 46.8 Å². The van der Waals surface area contributed by atoms with E-state index < -0.39 is 22.8 Å². The fourth-order valence-electron chi connectivity index (χ4n) is 1.58. The van der Waals surface area contributed by atoms with Gasteiger partial charge in [-0.15, -0.1) is 0 Å². The minimum Gasteiger partial charge on any atom is -0.449 e. The van der Waals surface area contributed by atoms with E-state index in [4.69, 9.17) is 11.0 Å². The maximum atomic E-state index is 12.0. The zero-order chi connectivity index (χ0) is 13.9. The van der Waals surface area contributed by atoms with Crippen molar-refractivity contribution in [2.45, 2.75) is 37.1 Å². The van der Waals surface area contributed by atoms with Crippen LogP contribution < -0.4 is 5.73 Å². The molecule has 100 valence electrons. The number of nitrogens with two attached hydrogens (primary N) is 1. The fourth-order valence-corrected chi connectivity index (χ4v) is 1.69. The lowest BCUT2D eigenvalue weighted by molar-refractivity contribution is -0.161. The number of nitrogens with zero attached hydrogens (tertiary/aromatic N) is 2. The van der Waals surface area contributed by atoms with Gasteiger partial charge in [-0.3, -0.25) is 4.79 Å². The molecule has 0 spiro atoms. The molecule has 18 heavy (non-hydrogen) atoms. The molecule has 1 fully saturated rings. The van der Waals surface area contributed by atoms with Gasteiger partial charge in [0.25, 0.3) is 0 Å². The van der Waals surface area contributed by atoms with Crippen molar-refractivity contribution in [2.24, 2.45) is 5.73 Å². The summed E-state index contributed by atoms with van der Waals surface area (Å²) in [4.78, 5) is 25.0. The van der Waals surface area contributed by atoms with Gasteiger partial charge in [0.1, 0.15) is 12.1 Å². The maximum absolute atomic E-state index is 12.0. The van der Waals surface area contributed by atoms with Gasteiger partial charge in [0.15, 0.2) is 6.61 Å². The van der Waals surface area contributed by atoms with Gasteiger partial charge in [-0.2, -0.15) is 17.9 Å². The lowest BCUT2D eigenvalue weighted by atomic mass is 9.97. The van der Waals surface area contributed by atoms with Crippen LogP contribution >= 0.6 is 12.6 Å². The summed E-state index contributed by atoms with van der Waals surface area (Å²) in [6.45, 7) is 3.65. The van der Waals surface area contributed by atoms with Crippen molar-refractivity contribution >= 4 is 24.5 Å². The number of carbonyl (C=O) groups is 2. The van der Waals surface area contributed by atoms with Gasteiger partial charge in [-0.25, -0.2) is 4.79 Å². The van der Waals surface area contributed by atoms with Gasteiger partial charge in [-0.1, -0.05) is 0 Å². The van der Waals surface area contributed by atoms with E-state index in [1.807, 2.05) is 0 Å². The first-order valence-corrected chi connectivity index (χ1v) is 6.05. The van der Waals surface area contributed by atoms with Crippen LogP contribution in [0.5, 0.6) is 0 Å². The molecule has 0 aliphatic carbocycles. The number of hydrogen-bond acceptors (Lipinski definition) is 6. The first-order valence-electron chi connectivity index (χ1n) is 5.61. The fraction of sp³-hybridized carbons (Fsp3) is 0.727. The van der Waals surface area contributed by atoms with E-state index in [1.54, 1.807) is 19.9 Å². The molecule has 2 N–H and O–H groups in total. The second kappa shape index (κ2) is 5.59. The van der Waals surface area contributed by atoms with Crippen molar-refractivity contribution in [3.05, 3.63) is 0 Å². The monoisotopic (exact) mass is 271 g/mol. The Hall–Kier alpha value is -1.26. The molecule has 1 heterocycles. The van der Waals surface area contributed by atoms with Crippen LogP contribution in [-0.2, 0) is 14.3 Å². The molecule has 0 unspecified atom stereocenters. The van der Waals surface area contributed by atoms with E-state index in [9.17, 15) is 9.59 Å². The van der Waals surface area contributed by atoms with E-state index in [0.29, 0.717) is 13.0 Å². The Morgan fingerprint density at radius 1 is 1.67 bits per heavy atom. The van der Waals surface area contributed by atoms with Gasteiger partial charge in [-0.05, 0) is 20.3 Å². The number of esters is 1. The van der Waals surface area contributed by atoms with E-state index in [2.05, 4.69) is 17.4 Å². The first kappa shape index (κ1) is 14.8. The van der Waals surface area contributed by atoms with Crippen LogP contribution in [0.4, 0.5) is 0 Å². The van der Waals surface area contributed by atoms with Crippen molar-refractivity contribution in [3.8, 4) is 6.07 Å². The highest BCUT2D eigenvalue weighted by Crippen LogP contribution is 2.24. The van der Waals surface area contributed by atoms with Gasteiger partial charge in [0.2, 0.25) is 5.91 Å². The number of amides is 1. The Balaban J connectivity index is 2.61. The van der Waals surface area contributed by atoms with Crippen molar-refractivity contribution < 1.29 is 14.3 Å². The Bertz CT molecular complexity index is 386. The average molecular weight is 271 g/mol. The summed E-state index contributed by atoms with van der Waals surface area (Å²) >= 11 is 4.25. The zero-order valence-electron chi connectivity index (χ0n) is 10.4. The van der Waals surface area contributed by atoms with E-state index in [1.165, 1.54) is 4.90 Å². The van der Waals surface area contributed by atoms with Gasteiger partial charge >= 0.3 is 5.97 Å². The smallest absolute Gasteiger partial charge is 0.329 e. The molecule has 0 aromatic rings. The van der Waals surface area contributed by atoms with Crippen molar-refractivity contribution in [2.75, 3.05) is 13.2 Å². The summed E-state index contributed by atoms with van der Waals surface area (Å²) < 4.78 is 4.03. The minimum atomic E-state index is -0.785. The molecule has 1 aliphatic heterocycles. The molecule has 0 saturated carbocycles. The average Bonchev–Trinajstić information content (AvgIpc) is 2.22. The van der Waals surface area contributed by atoms with Crippen LogP contribution in [0.1, 0.15) is 20.3 Å². The summed E-state index contributed by atoms with van der Waals surface area (Å²) in [6.07, 6.45) is 0.537. The molecule has 1 amide bonds. The lowest BCUT2D eigenvalue weighted by Crippen LogP contribution is -2.62. The highest BCUT2D eigenvalue weighted by molar-refractivity contribution is 7.81. The summed E-state index contributed by atoms with van der Waals surface area (Å²) in [5.41, 5.74) is 5.80. The second-order valence-corrected chi connectivity index (χ2v) is 5.89. The largest absolute Gasteiger partial charge is 0.449 e. The number of hydrogen-bond donors (Lipinski definition) is 2. The highest BCUT2D eigenvalue weighted by atomic mass is 32.1. The van der Waals surface area contributed by atoms with Crippen molar-refractivity contribution in [1.29, 1.82) is 5.26 Å². The minimum absolute atomic E-state index is 0.304. The van der Waals surface area contributed by atoms with Crippen molar-refractivity contribution in [1.82, 2.24) is 4.90 Å². The maximum Gasteiger partial charge on any atom is 0.329 e. The number of thiol groups is 1. The number of rotatable bonds is 4. The van der Waals surface area contributed by atoms with Gasteiger partial charge in [0, 0.05) is 11.3 Å². The zero-order valence-corrected chi connectivity index (χ0v) is 11.3. The number of likely N-dealkylation sites (tertiary alicyclic amines) is 1. The van der Waals surface area contributed by atoms with Crippen LogP contribution in [0.15, 0.2) is 0 Å². The second-order valence-electron chi connectivity index (χ2n) is 4.73. The molecule has 0 aromatic heterocycles. The number of carbonyl (C=O) groups excluding carboxylic acids is 2. The standard InChI is InChI=1S/C11H17N3O3S/c1-11(2,18)8(13)9(15)14-5-3-7(14)10(16)17-6-4-12/h7-8,18H,3,5-6,13H2,1-2H3/t7-,8+/m0/s1. The Labute approximate surface area is 111 Å². The summed E-state index contributed by atoms with van der Waals surface area (Å²) in [5.74, 6) is -0.875. The summed E-state index contributed by atoms with van der Waals surface area (Å²) in [7, 11) is 0. The van der Waals surface area contributed by atoms with Gasteiger partial charge < -0.3 is 15.4 Å². The van der Waals surface area contributed by atoms with Crippen molar-refractivity contribution in [3.63, 3.8) is 0 Å². The van der Waals surface area contributed by atoms with Crippen LogP contribution in [0.25, 0.3) is 0 Å². The molecule has 0 bridgehead atoms. The SMILES string of the molecule is CC(C)(S)[C@H](N)C(=O)N1CC[C@H]1C(=O)OCC#N. The van der Waals surface area contributed by atoms with E-state index in [0.717, 1.165) is 0 Å². The third kappa shape index (κ3) is 3.15. The molecular formula is C11H17N3O3S.